The van der Waals surface area contributed by atoms with Gasteiger partial charge < -0.3 is 4.74 Å². The third kappa shape index (κ3) is 4.27. The van der Waals surface area contributed by atoms with Crippen molar-refractivity contribution >= 4 is 17.8 Å². The highest BCUT2D eigenvalue weighted by molar-refractivity contribution is 6.04. The molecule has 2 aromatic rings. The lowest BCUT2D eigenvalue weighted by atomic mass is 9.72. The van der Waals surface area contributed by atoms with Crippen molar-refractivity contribution in [2.75, 3.05) is 11.9 Å². The summed E-state index contributed by atoms with van der Waals surface area (Å²) in [4.78, 5) is 30.6. The average Bonchev–Trinajstić information content (AvgIpc) is 3.07. The second-order valence-corrected chi connectivity index (χ2v) is 7.93. The molecule has 2 aliphatic rings. The molecule has 30 heavy (non-hydrogen) atoms. The van der Waals surface area contributed by atoms with Crippen molar-refractivity contribution in [3.8, 4) is 5.75 Å². The Bertz CT molecular complexity index is 909. The summed E-state index contributed by atoms with van der Waals surface area (Å²) in [6.07, 6.45) is 1.55. The van der Waals surface area contributed by atoms with E-state index < -0.39 is 17.4 Å². The number of aromatic nitrogens is 1. The largest absolute Gasteiger partial charge is 0.487 e. The molecule has 1 saturated carbocycles. The minimum absolute atomic E-state index is 0.119. The molecule has 1 aliphatic heterocycles. The first-order chi connectivity index (χ1) is 14.4. The van der Waals surface area contributed by atoms with E-state index in [4.69, 9.17) is 4.74 Å². The Balaban J connectivity index is 1.32. The minimum Gasteiger partial charge on any atom is -0.487 e. The molecule has 158 valence electrons. The van der Waals surface area contributed by atoms with Crippen molar-refractivity contribution < 1.29 is 23.1 Å². The summed E-state index contributed by atoms with van der Waals surface area (Å²) >= 11 is 0. The highest BCUT2D eigenvalue weighted by atomic mass is 19.3. The fraction of sp³-hybridized carbons (Fsp3) is 0.409. The second kappa shape index (κ2) is 8.01. The lowest BCUT2D eigenvalue weighted by molar-refractivity contribution is -0.140. The van der Waals surface area contributed by atoms with E-state index >= 15 is 0 Å². The zero-order chi connectivity index (χ0) is 21.2. The molecule has 0 bridgehead atoms. The summed E-state index contributed by atoms with van der Waals surface area (Å²) in [5, 5.41) is 2.60. The predicted octanol–water partition coefficient (Wildman–Crippen LogP) is 4.62. The van der Waals surface area contributed by atoms with Crippen LogP contribution in [0, 0.1) is 5.41 Å². The number of carbonyl (C=O) groups is 2. The SMILES string of the molecule is O=C(Nc1ccc(OCc2ccccc2)cn1)N1CCC2(CCC(F)(F)CC2)C1=O. The summed E-state index contributed by atoms with van der Waals surface area (Å²) in [7, 11) is 0. The van der Waals surface area contributed by atoms with Gasteiger partial charge in [0.05, 0.1) is 11.6 Å². The van der Waals surface area contributed by atoms with E-state index in [1.54, 1.807) is 12.1 Å². The number of halogens is 2. The maximum Gasteiger partial charge on any atom is 0.329 e. The third-order valence-electron chi connectivity index (χ3n) is 5.92. The number of benzene rings is 1. The molecular weight excluding hydrogens is 392 g/mol. The first kappa shape index (κ1) is 20.3. The number of nitrogens with zero attached hydrogens (tertiary/aromatic N) is 2. The Morgan fingerprint density at radius 3 is 2.47 bits per heavy atom. The average molecular weight is 415 g/mol. The number of rotatable bonds is 4. The van der Waals surface area contributed by atoms with Crippen LogP contribution in [-0.2, 0) is 11.4 Å². The number of likely N-dealkylation sites (tertiary alicyclic amines) is 1. The van der Waals surface area contributed by atoms with Crippen molar-refractivity contribution in [3.63, 3.8) is 0 Å². The molecule has 1 aromatic heterocycles. The van der Waals surface area contributed by atoms with Crippen LogP contribution in [0.15, 0.2) is 48.7 Å². The van der Waals surface area contributed by atoms with Crippen molar-refractivity contribution in [2.24, 2.45) is 5.41 Å². The van der Waals surface area contributed by atoms with Crippen LogP contribution in [-0.4, -0.2) is 34.3 Å². The Morgan fingerprint density at radius 1 is 1.07 bits per heavy atom. The van der Waals surface area contributed by atoms with Gasteiger partial charge in [-0.15, -0.1) is 0 Å². The molecule has 1 aliphatic carbocycles. The zero-order valence-electron chi connectivity index (χ0n) is 16.4. The molecule has 3 amide bonds. The standard InChI is InChI=1S/C22H23F2N3O3/c23-22(24)10-8-21(9-11-22)12-13-27(19(21)28)20(29)26-18-7-6-17(14-25-18)30-15-16-4-2-1-3-5-16/h1-7,14H,8-13,15H2,(H,25,26,29). The van der Waals surface area contributed by atoms with E-state index in [2.05, 4.69) is 10.3 Å². The van der Waals surface area contributed by atoms with Gasteiger partial charge in [-0.1, -0.05) is 30.3 Å². The van der Waals surface area contributed by atoms with Crippen molar-refractivity contribution in [2.45, 2.75) is 44.6 Å². The van der Waals surface area contributed by atoms with Crippen LogP contribution in [0.4, 0.5) is 19.4 Å². The number of hydrogen-bond acceptors (Lipinski definition) is 4. The lowest BCUT2D eigenvalue weighted by Crippen LogP contribution is -2.43. The topological polar surface area (TPSA) is 71.5 Å². The van der Waals surface area contributed by atoms with Gasteiger partial charge in [0.1, 0.15) is 18.2 Å². The monoisotopic (exact) mass is 415 g/mol. The van der Waals surface area contributed by atoms with E-state index in [1.165, 1.54) is 6.20 Å². The third-order valence-corrected chi connectivity index (χ3v) is 5.92. The summed E-state index contributed by atoms with van der Waals surface area (Å²) < 4.78 is 32.6. The quantitative estimate of drug-likeness (QED) is 0.791. The molecule has 8 heteroatoms. The van der Waals surface area contributed by atoms with Crippen molar-refractivity contribution in [3.05, 3.63) is 54.2 Å². The fourth-order valence-electron chi connectivity index (χ4n) is 4.03. The molecule has 1 saturated heterocycles. The fourth-order valence-corrected chi connectivity index (χ4v) is 4.03. The van der Waals surface area contributed by atoms with E-state index in [9.17, 15) is 18.4 Å². The molecule has 6 nitrogen and oxygen atoms in total. The molecule has 1 aromatic carbocycles. The predicted molar refractivity (Wildman–Crippen MR) is 106 cm³/mol. The molecule has 0 atom stereocenters. The number of hydrogen-bond donors (Lipinski definition) is 1. The molecule has 2 fully saturated rings. The number of alkyl halides is 2. The Kier molecular flexibility index (Phi) is 5.40. The van der Waals surface area contributed by atoms with Gasteiger partial charge in [0.25, 0.3) is 0 Å². The van der Waals surface area contributed by atoms with Gasteiger partial charge >= 0.3 is 6.03 Å². The maximum absolute atomic E-state index is 13.5. The molecule has 1 spiro atoms. The van der Waals surface area contributed by atoms with E-state index in [-0.39, 0.29) is 44.0 Å². The van der Waals surface area contributed by atoms with E-state index in [1.807, 2.05) is 30.3 Å². The van der Waals surface area contributed by atoms with Gasteiger partial charge in [0.2, 0.25) is 11.8 Å². The number of anilines is 1. The van der Waals surface area contributed by atoms with Crippen LogP contribution in [0.3, 0.4) is 0 Å². The number of urea groups is 1. The van der Waals surface area contributed by atoms with Crippen LogP contribution < -0.4 is 10.1 Å². The molecule has 4 rings (SSSR count). The number of pyridine rings is 1. The van der Waals surface area contributed by atoms with Gasteiger partial charge in [-0.2, -0.15) is 0 Å². The minimum atomic E-state index is -2.71. The highest BCUT2D eigenvalue weighted by Crippen LogP contribution is 2.49. The van der Waals surface area contributed by atoms with E-state index in [0.29, 0.717) is 18.8 Å². The van der Waals surface area contributed by atoms with Crippen LogP contribution >= 0.6 is 0 Å². The second-order valence-electron chi connectivity index (χ2n) is 7.93. The maximum atomic E-state index is 13.5. The van der Waals surface area contributed by atoms with Crippen molar-refractivity contribution in [1.29, 1.82) is 0 Å². The normalized spacial score (nSPS) is 19.7. The molecule has 0 radical (unpaired) electrons. The van der Waals surface area contributed by atoms with Crippen LogP contribution in [0.5, 0.6) is 5.75 Å². The molecule has 1 N–H and O–H groups in total. The lowest BCUT2D eigenvalue weighted by Gasteiger charge is -2.35. The molecular formula is C22H23F2N3O3. The summed E-state index contributed by atoms with van der Waals surface area (Å²) in [5.74, 6) is -2.24. The number of carbonyl (C=O) groups excluding carboxylic acids is 2. The van der Waals surface area contributed by atoms with Gasteiger partial charge in [-0.25, -0.2) is 18.6 Å². The molecule has 2 heterocycles. The summed E-state index contributed by atoms with van der Waals surface area (Å²) in [6.45, 7) is 0.631. The number of amides is 3. The highest BCUT2D eigenvalue weighted by Gasteiger charge is 2.53. The molecule has 0 unspecified atom stereocenters. The van der Waals surface area contributed by atoms with Gasteiger partial charge in [-0.05, 0) is 37.0 Å². The smallest absolute Gasteiger partial charge is 0.329 e. The van der Waals surface area contributed by atoms with Gasteiger partial charge in [-0.3, -0.25) is 15.0 Å². The van der Waals surface area contributed by atoms with Crippen LogP contribution in [0.25, 0.3) is 0 Å². The number of imide groups is 1. The Morgan fingerprint density at radius 2 is 1.80 bits per heavy atom. The zero-order valence-corrected chi connectivity index (χ0v) is 16.4. The Labute approximate surface area is 173 Å². The number of ether oxygens (including phenoxy) is 1. The van der Waals surface area contributed by atoms with Gasteiger partial charge in [0.15, 0.2) is 0 Å². The first-order valence-electron chi connectivity index (χ1n) is 10.0. The summed E-state index contributed by atoms with van der Waals surface area (Å²) in [5.41, 5.74) is 0.193. The van der Waals surface area contributed by atoms with Crippen molar-refractivity contribution in [1.82, 2.24) is 9.88 Å². The summed E-state index contributed by atoms with van der Waals surface area (Å²) in [6, 6.07) is 12.4. The van der Waals surface area contributed by atoms with Gasteiger partial charge in [0, 0.05) is 19.4 Å². The van der Waals surface area contributed by atoms with Crippen LogP contribution in [0.2, 0.25) is 0 Å². The van der Waals surface area contributed by atoms with E-state index in [0.717, 1.165) is 10.5 Å². The number of nitrogens with one attached hydrogen (secondary N) is 1. The first-order valence-corrected chi connectivity index (χ1v) is 10.0. The van der Waals surface area contributed by atoms with Crippen LogP contribution in [0.1, 0.15) is 37.7 Å². The Hall–Kier alpha value is -3.03.